The molecule has 0 aromatic heterocycles. The fraction of sp³-hybridized carbons (Fsp3) is 0.175. The predicted molar refractivity (Wildman–Crippen MR) is 175 cm³/mol. The fourth-order valence-corrected chi connectivity index (χ4v) is 14.8. The van der Waals surface area contributed by atoms with Crippen molar-refractivity contribution in [2.24, 2.45) is 11.3 Å². The van der Waals surface area contributed by atoms with E-state index < -0.39 is 21.3 Å². The maximum Gasteiger partial charge on any atom is -1.00 e. The monoisotopic (exact) mass is 678 g/mol. The van der Waals surface area contributed by atoms with E-state index in [0.29, 0.717) is 5.92 Å². The van der Waals surface area contributed by atoms with Crippen molar-refractivity contribution in [2.75, 3.05) is 0 Å². The molecule has 0 aliphatic heterocycles. The van der Waals surface area contributed by atoms with E-state index in [1.54, 1.807) is 9.76 Å². The van der Waals surface area contributed by atoms with E-state index in [1.165, 1.54) is 50.1 Å². The Bertz CT molecular complexity index is 1730. The zero-order chi connectivity index (χ0) is 28.7. The van der Waals surface area contributed by atoms with Crippen molar-refractivity contribution in [1.29, 1.82) is 0 Å². The maximum atomic E-state index is 4.24. The van der Waals surface area contributed by atoms with Crippen molar-refractivity contribution in [3.63, 3.8) is 0 Å². The normalized spacial score (nSPS) is 14.5. The van der Waals surface area contributed by atoms with Gasteiger partial charge in [-0.3, -0.25) is 0 Å². The molecule has 0 N–H and O–H groups in total. The second-order valence-corrected chi connectivity index (χ2v) is 18.2. The summed E-state index contributed by atoms with van der Waals surface area (Å²) in [6.45, 7) is 17.7. The van der Waals surface area contributed by atoms with Gasteiger partial charge < -0.3 is 24.8 Å². The molecule has 3 heteroatoms. The van der Waals surface area contributed by atoms with Crippen LogP contribution in [0.4, 0.5) is 0 Å². The number of hydrogen-bond donors (Lipinski definition) is 0. The van der Waals surface area contributed by atoms with E-state index >= 15 is 0 Å². The third-order valence-electron chi connectivity index (χ3n) is 8.57. The smallest absolute Gasteiger partial charge is 1.00 e. The molecule has 0 saturated carbocycles. The van der Waals surface area contributed by atoms with Crippen LogP contribution in [-0.4, -0.2) is 3.21 Å². The molecule has 0 amide bonds. The Morgan fingerprint density at radius 2 is 1.35 bits per heavy atom. The molecule has 0 heterocycles. The Kier molecular flexibility index (Phi) is 10.3. The summed E-state index contributed by atoms with van der Waals surface area (Å²) >= 11 is -2.81. The Balaban J connectivity index is 0.00000212. The Morgan fingerprint density at radius 1 is 0.767 bits per heavy atom. The van der Waals surface area contributed by atoms with Gasteiger partial charge in [-0.15, -0.1) is 0 Å². The molecule has 0 radical (unpaired) electrons. The predicted octanol–water partition coefficient (Wildman–Crippen LogP) is 3.57. The summed E-state index contributed by atoms with van der Waals surface area (Å²) < 4.78 is 4.80. The van der Waals surface area contributed by atoms with Crippen LogP contribution >= 0.6 is 0 Å². The average Bonchev–Trinajstić information content (AvgIpc) is 3.56. The van der Waals surface area contributed by atoms with E-state index in [9.17, 15) is 0 Å². The summed E-state index contributed by atoms with van der Waals surface area (Å²) in [4.78, 5) is 0. The molecule has 0 fully saturated rings. The van der Waals surface area contributed by atoms with Gasteiger partial charge in [-0.1, -0.05) is 0 Å². The van der Waals surface area contributed by atoms with Gasteiger partial charge in [0.2, 0.25) is 0 Å². The van der Waals surface area contributed by atoms with Crippen molar-refractivity contribution in [3.05, 3.63) is 159 Å². The summed E-state index contributed by atoms with van der Waals surface area (Å²) in [5, 5.41) is 0. The Morgan fingerprint density at radius 3 is 1.88 bits per heavy atom. The Labute approximate surface area is 277 Å². The fourth-order valence-electron chi connectivity index (χ4n) is 6.35. The largest absolute Gasteiger partial charge is 1.00 e. The third-order valence-corrected chi connectivity index (χ3v) is 16.5. The van der Waals surface area contributed by atoms with Crippen molar-refractivity contribution in [2.45, 2.75) is 34.1 Å². The van der Waals surface area contributed by atoms with Crippen LogP contribution in [-0.2, 0) is 27.7 Å². The average molecular weight is 681 g/mol. The van der Waals surface area contributed by atoms with Gasteiger partial charge in [0, 0.05) is 0 Å². The van der Waals surface area contributed by atoms with Crippen molar-refractivity contribution >= 4 is 18.6 Å². The van der Waals surface area contributed by atoms with Crippen molar-refractivity contribution < 1.29 is 46.1 Å². The van der Waals surface area contributed by atoms with Crippen LogP contribution in [0.5, 0.6) is 0 Å². The molecule has 2 aliphatic rings. The first-order valence-electron chi connectivity index (χ1n) is 14.6. The number of allylic oxidation sites excluding steroid dienone is 4. The van der Waals surface area contributed by atoms with Crippen LogP contribution in [0.2, 0.25) is 0 Å². The molecular formula is C40H38Cl2Zr. The molecule has 0 nitrogen and oxygen atoms in total. The summed E-state index contributed by atoms with van der Waals surface area (Å²) in [6.07, 6.45) is 10.1. The molecular weight excluding hydrogens is 643 g/mol. The van der Waals surface area contributed by atoms with E-state index in [0.717, 1.165) is 6.42 Å². The molecule has 1 atom stereocenters. The van der Waals surface area contributed by atoms with Gasteiger partial charge >= 0.3 is 255 Å². The zero-order valence-corrected chi connectivity index (χ0v) is 29.4. The quantitative estimate of drug-likeness (QED) is 0.258. The van der Waals surface area contributed by atoms with E-state index in [2.05, 4.69) is 144 Å². The van der Waals surface area contributed by atoms with Gasteiger partial charge in [0.15, 0.2) is 0 Å². The van der Waals surface area contributed by atoms with Crippen LogP contribution < -0.4 is 28.1 Å². The second-order valence-electron chi connectivity index (χ2n) is 12.3. The molecule has 0 saturated heterocycles. The van der Waals surface area contributed by atoms with Crippen molar-refractivity contribution in [1.82, 2.24) is 0 Å². The minimum Gasteiger partial charge on any atom is -1.00 e. The van der Waals surface area contributed by atoms with Gasteiger partial charge in [0.1, 0.15) is 0 Å². The molecule has 0 spiro atoms. The molecule has 1 unspecified atom stereocenters. The topological polar surface area (TPSA) is 0 Å². The number of halogens is 2. The molecule has 4 aromatic rings. The minimum absolute atomic E-state index is 0. The summed E-state index contributed by atoms with van der Waals surface area (Å²) in [6, 6.07) is 34.0. The van der Waals surface area contributed by atoms with Gasteiger partial charge in [-0.05, 0) is 0 Å². The van der Waals surface area contributed by atoms with Gasteiger partial charge in [0.05, 0.1) is 0 Å². The first-order chi connectivity index (χ1) is 19.8. The molecule has 4 aromatic carbocycles. The molecule has 6 rings (SSSR count). The number of fused-ring (bicyclic) bond motifs is 3. The molecule has 216 valence electrons. The summed E-state index contributed by atoms with van der Waals surface area (Å²) in [5.74, 6) is 0.417. The third kappa shape index (κ3) is 6.37. The van der Waals surface area contributed by atoms with Gasteiger partial charge in [-0.25, -0.2) is 0 Å². The first-order valence-corrected chi connectivity index (χ1v) is 18.3. The number of benzene rings is 4. The van der Waals surface area contributed by atoms with E-state index in [1.807, 2.05) is 12.2 Å². The summed E-state index contributed by atoms with van der Waals surface area (Å²) in [7, 11) is 0. The maximum absolute atomic E-state index is 4.24. The van der Waals surface area contributed by atoms with Crippen LogP contribution in [0, 0.1) is 11.3 Å². The number of hydrogen-bond acceptors (Lipinski definition) is 0. The Hall–Kier alpha value is -2.83. The standard InChI is InChI=1S/C17H13.C13H10.C10H15.2ClH.Zr/c1-3-12-5-7-14-11-15-8-6-13(4-2)10-17(15)16(14)9-12;1-3-7-12(8-4-1)11-13-9-5-2-6-10-13;1-8-5-6-9(7-8)10(2,3)4;;;/h3-7,9-10H,1-2,11H2;1-10H;6-8H,1-4H3;2*1H;/q;;;;;+2/p-2. The summed E-state index contributed by atoms with van der Waals surface area (Å²) in [5.41, 5.74) is 12.3. The van der Waals surface area contributed by atoms with Crippen LogP contribution in [0.15, 0.2) is 125 Å². The van der Waals surface area contributed by atoms with Crippen LogP contribution in [0.1, 0.15) is 61.1 Å². The SMILES string of the molecule is C=Cc1ccc2c(c1)-c1cc(C=C)c[c]([Zr+2]([C]3=CC(C(C)(C)C)=CC3C)=[C](c3ccccc3)c3ccccc3)c1C2.[Cl-].[Cl-]. The molecule has 2 aliphatic carbocycles. The van der Waals surface area contributed by atoms with Gasteiger partial charge in [-0.2, -0.15) is 0 Å². The van der Waals surface area contributed by atoms with Crippen LogP contribution in [0.25, 0.3) is 23.3 Å². The molecule has 43 heavy (non-hydrogen) atoms. The van der Waals surface area contributed by atoms with Crippen molar-refractivity contribution in [3.8, 4) is 11.1 Å². The zero-order valence-electron chi connectivity index (χ0n) is 25.4. The van der Waals surface area contributed by atoms with E-state index in [-0.39, 0.29) is 30.2 Å². The minimum atomic E-state index is -2.81. The van der Waals surface area contributed by atoms with E-state index in [4.69, 9.17) is 0 Å². The molecule has 0 bridgehead atoms. The second kappa shape index (κ2) is 13.4. The first kappa shape index (κ1) is 33.1. The van der Waals surface area contributed by atoms with Gasteiger partial charge in [0.25, 0.3) is 0 Å². The number of rotatable bonds is 6. The van der Waals surface area contributed by atoms with Crippen LogP contribution in [0.3, 0.4) is 0 Å².